The third kappa shape index (κ3) is 4.83. The largest absolute Gasteiger partial charge is 0.482 e. The summed E-state index contributed by atoms with van der Waals surface area (Å²) in [5.74, 6) is 0.0209. The van der Waals surface area contributed by atoms with E-state index < -0.39 is 0 Å². The van der Waals surface area contributed by atoms with Crippen LogP contribution in [0.2, 0.25) is 0 Å². The molecule has 3 rings (SSSR count). The summed E-state index contributed by atoms with van der Waals surface area (Å²) in [6.45, 7) is 8.00. The molecule has 1 N–H and O–H groups in total. The molecule has 0 aromatic heterocycles. The number of nitrogens with one attached hydrogen (secondary N) is 1. The number of nitrogens with zero attached hydrogens (tertiary/aromatic N) is 1. The Hall–Kier alpha value is -3.15. The number of benzene rings is 2. The highest BCUT2D eigenvalue weighted by Crippen LogP contribution is 2.33. The smallest absolute Gasteiger partial charge is 0.265 e. The number of hydrogen-bond acceptors (Lipinski definition) is 4. The van der Waals surface area contributed by atoms with Crippen LogP contribution in [0.15, 0.2) is 42.5 Å². The van der Waals surface area contributed by atoms with Gasteiger partial charge in [0.15, 0.2) is 12.4 Å². The van der Waals surface area contributed by atoms with Gasteiger partial charge in [-0.2, -0.15) is 0 Å². The minimum atomic E-state index is -0.236. The number of amides is 2. The van der Waals surface area contributed by atoms with Crippen molar-refractivity contribution in [3.63, 3.8) is 0 Å². The van der Waals surface area contributed by atoms with E-state index in [2.05, 4.69) is 26.1 Å². The fourth-order valence-corrected chi connectivity index (χ4v) is 3.16. The molecule has 2 amide bonds. The molecule has 0 aliphatic carbocycles. The van der Waals surface area contributed by atoms with Gasteiger partial charge in [0.1, 0.15) is 5.75 Å². The van der Waals surface area contributed by atoms with E-state index in [0.717, 1.165) is 5.69 Å². The van der Waals surface area contributed by atoms with Crippen molar-refractivity contribution in [3.05, 3.63) is 53.6 Å². The molecular weight excluding hydrogens is 368 g/mol. The third-order valence-corrected chi connectivity index (χ3v) is 4.91. The summed E-state index contributed by atoms with van der Waals surface area (Å²) in [4.78, 5) is 37.9. The van der Waals surface area contributed by atoms with Gasteiger partial charge in [0, 0.05) is 24.2 Å². The summed E-state index contributed by atoms with van der Waals surface area (Å²) in [6.07, 6.45) is 0.135. The molecule has 152 valence electrons. The summed E-state index contributed by atoms with van der Waals surface area (Å²) in [5, 5.41) is 2.87. The van der Waals surface area contributed by atoms with Crippen molar-refractivity contribution in [2.45, 2.75) is 39.5 Å². The van der Waals surface area contributed by atoms with Crippen LogP contribution in [0.1, 0.15) is 50.0 Å². The number of hydrogen-bond donors (Lipinski definition) is 1. The van der Waals surface area contributed by atoms with E-state index in [1.165, 1.54) is 17.4 Å². The Morgan fingerprint density at radius 1 is 1.10 bits per heavy atom. The number of ether oxygens (including phenoxy) is 1. The Kier molecular flexibility index (Phi) is 5.73. The first-order valence-electron chi connectivity index (χ1n) is 9.64. The SMILES string of the molecule is CC(=O)c1ccc2c(c1)N(CCC(=O)Nc1ccc(C(C)(C)C)cc1)C(=O)CO2. The second kappa shape index (κ2) is 8.07. The van der Waals surface area contributed by atoms with Crippen LogP contribution in [-0.2, 0) is 15.0 Å². The lowest BCUT2D eigenvalue weighted by atomic mass is 9.87. The number of Topliss-reactive ketones (excluding diaryl/α,β-unsaturated/α-hetero) is 1. The Labute approximate surface area is 170 Å². The van der Waals surface area contributed by atoms with Gasteiger partial charge < -0.3 is 15.0 Å². The molecule has 0 fully saturated rings. The van der Waals surface area contributed by atoms with Gasteiger partial charge in [-0.1, -0.05) is 32.9 Å². The van der Waals surface area contributed by atoms with Gasteiger partial charge in [0.05, 0.1) is 5.69 Å². The monoisotopic (exact) mass is 394 g/mol. The van der Waals surface area contributed by atoms with E-state index in [4.69, 9.17) is 4.74 Å². The lowest BCUT2D eigenvalue weighted by molar-refractivity contribution is -0.121. The first kappa shape index (κ1) is 20.6. The van der Waals surface area contributed by atoms with E-state index in [0.29, 0.717) is 17.0 Å². The van der Waals surface area contributed by atoms with Crippen molar-refractivity contribution in [3.8, 4) is 5.75 Å². The van der Waals surface area contributed by atoms with Crippen LogP contribution in [0, 0.1) is 0 Å². The minimum Gasteiger partial charge on any atom is -0.482 e. The van der Waals surface area contributed by atoms with Crippen LogP contribution in [0.5, 0.6) is 5.75 Å². The molecule has 0 spiro atoms. The Balaban J connectivity index is 1.66. The Morgan fingerprint density at radius 3 is 2.41 bits per heavy atom. The van der Waals surface area contributed by atoms with Gasteiger partial charge in [-0.25, -0.2) is 0 Å². The number of ketones is 1. The molecule has 0 atom stereocenters. The second-order valence-electron chi connectivity index (χ2n) is 8.20. The van der Waals surface area contributed by atoms with E-state index >= 15 is 0 Å². The van der Waals surface area contributed by atoms with Gasteiger partial charge >= 0.3 is 0 Å². The molecule has 0 saturated heterocycles. The van der Waals surface area contributed by atoms with Crippen molar-refractivity contribution in [2.75, 3.05) is 23.4 Å². The molecule has 0 bridgehead atoms. The van der Waals surface area contributed by atoms with Crippen molar-refractivity contribution in [2.24, 2.45) is 0 Å². The zero-order valence-electron chi connectivity index (χ0n) is 17.2. The van der Waals surface area contributed by atoms with Crippen molar-refractivity contribution >= 4 is 29.0 Å². The van der Waals surface area contributed by atoms with E-state index in [-0.39, 0.29) is 42.6 Å². The number of carbonyl (C=O) groups is 3. The molecule has 2 aromatic carbocycles. The van der Waals surface area contributed by atoms with E-state index in [1.807, 2.05) is 24.3 Å². The lowest BCUT2D eigenvalue weighted by Gasteiger charge is -2.29. The molecule has 0 radical (unpaired) electrons. The highest BCUT2D eigenvalue weighted by molar-refractivity contribution is 6.02. The topological polar surface area (TPSA) is 75.7 Å². The predicted octanol–water partition coefficient (Wildman–Crippen LogP) is 3.94. The normalized spacial score (nSPS) is 13.5. The standard InChI is InChI=1S/C23H26N2O4/c1-15(26)16-5-10-20-19(13-16)25(22(28)14-29-20)12-11-21(27)24-18-8-6-17(7-9-18)23(2,3)4/h5-10,13H,11-12,14H2,1-4H3,(H,24,27). The minimum absolute atomic E-state index is 0.0470. The van der Waals surface area contributed by atoms with Crippen LogP contribution in [0.4, 0.5) is 11.4 Å². The van der Waals surface area contributed by atoms with Gasteiger partial charge in [-0.05, 0) is 48.2 Å². The fraction of sp³-hybridized carbons (Fsp3) is 0.348. The average molecular weight is 394 g/mol. The molecule has 1 heterocycles. The molecule has 6 heteroatoms. The fourth-order valence-electron chi connectivity index (χ4n) is 3.16. The van der Waals surface area contributed by atoms with E-state index in [1.54, 1.807) is 18.2 Å². The molecule has 0 saturated carbocycles. The molecule has 6 nitrogen and oxygen atoms in total. The molecule has 1 aliphatic heterocycles. The predicted molar refractivity (Wildman–Crippen MR) is 113 cm³/mol. The van der Waals surface area contributed by atoms with Gasteiger partial charge in [0.25, 0.3) is 5.91 Å². The maximum Gasteiger partial charge on any atom is 0.265 e. The van der Waals surface area contributed by atoms with Crippen LogP contribution in [0.3, 0.4) is 0 Å². The molecule has 0 unspecified atom stereocenters. The lowest BCUT2D eigenvalue weighted by Crippen LogP contribution is -2.40. The average Bonchev–Trinajstić information content (AvgIpc) is 2.66. The summed E-state index contributed by atoms with van der Waals surface area (Å²) >= 11 is 0. The highest BCUT2D eigenvalue weighted by atomic mass is 16.5. The van der Waals surface area contributed by atoms with E-state index in [9.17, 15) is 14.4 Å². The van der Waals surface area contributed by atoms with Crippen LogP contribution in [0.25, 0.3) is 0 Å². The third-order valence-electron chi connectivity index (χ3n) is 4.91. The van der Waals surface area contributed by atoms with Crippen molar-refractivity contribution in [1.29, 1.82) is 0 Å². The Bertz CT molecular complexity index is 942. The zero-order chi connectivity index (χ0) is 21.2. The molecule has 29 heavy (non-hydrogen) atoms. The second-order valence-corrected chi connectivity index (χ2v) is 8.20. The summed E-state index contributed by atoms with van der Waals surface area (Å²) in [5.41, 5.74) is 2.97. The van der Waals surface area contributed by atoms with Gasteiger partial charge in [-0.3, -0.25) is 14.4 Å². The maximum atomic E-state index is 12.4. The van der Waals surface area contributed by atoms with Crippen LogP contribution < -0.4 is 15.0 Å². The number of anilines is 2. The number of carbonyl (C=O) groups excluding carboxylic acids is 3. The van der Waals surface area contributed by atoms with Crippen LogP contribution >= 0.6 is 0 Å². The quantitative estimate of drug-likeness (QED) is 0.780. The Morgan fingerprint density at radius 2 is 1.79 bits per heavy atom. The molecule has 2 aromatic rings. The van der Waals surface area contributed by atoms with Gasteiger partial charge in [0.2, 0.25) is 5.91 Å². The van der Waals surface area contributed by atoms with Crippen LogP contribution in [-0.4, -0.2) is 30.7 Å². The molecule has 1 aliphatic rings. The van der Waals surface area contributed by atoms with Crippen molar-refractivity contribution < 1.29 is 19.1 Å². The maximum absolute atomic E-state index is 12.4. The number of fused-ring (bicyclic) bond motifs is 1. The first-order chi connectivity index (χ1) is 13.6. The zero-order valence-corrected chi connectivity index (χ0v) is 17.2. The van der Waals surface area contributed by atoms with Gasteiger partial charge in [-0.15, -0.1) is 0 Å². The number of rotatable bonds is 5. The first-order valence-corrected chi connectivity index (χ1v) is 9.64. The summed E-state index contributed by atoms with van der Waals surface area (Å²) < 4.78 is 5.44. The summed E-state index contributed by atoms with van der Waals surface area (Å²) in [6, 6.07) is 12.8. The molecular formula is C23H26N2O4. The highest BCUT2D eigenvalue weighted by Gasteiger charge is 2.26. The van der Waals surface area contributed by atoms with Crippen molar-refractivity contribution in [1.82, 2.24) is 0 Å². The summed E-state index contributed by atoms with van der Waals surface area (Å²) in [7, 11) is 0.